The van der Waals surface area contributed by atoms with E-state index < -0.39 is 17.7 Å². The van der Waals surface area contributed by atoms with Crippen molar-refractivity contribution in [3.63, 3.8) is 0 Å². The fraction of sp³-hybridized carbons (Fsp3) is 0.0952. The first kappa shape index (κ1) is 17.7. The maximum Gasteiger partial charge on any atom is 0.333 e. The normalized spacial score (nSPS) is 13.3. The third kappa shape index (κ3) is 3.42. The Hall–Kier alpha value is -3.74. The van der Waals surface area contributed by atoms with Crippen molar-refractivity contribution in [1.29, 1.82) is 0 Å². The molecule has 1 aromatic heterocycles. The van der Waals surface area contributed by atoms with Crippen molar-refractivity contribution in [3.05, 3.63) is 83.4 Å². The lowest BCUT2D eigenvalue weighted by Gasteiger charge is -2.05. The molecule has 0 saturated carbocycles. The van der Waals surface area contributed by atoms with Crippen LogP contribution in [0.15, 0.2) is 66.5 Å². The fourth-order valence-corrected chi connectivity index (χ4v) is 3.12. The second-order valence-electron chi connectivity index (χ2n) is 6.37. The topological polar surface area (TPSA) is 77.4 Å². The monoisotopic (exact) mass is 378 g/mol. The van der Waals surface area contributed by atoms with Crippen molar-refractivity contribution in [2.45, 2.75) is 6.54 Å². The maximum atomic E-state index is 13.1. The van der Waals surface area contributed by atoms with Crippen LogP contribution in [-0.2, 0) is 20.9 Å². The molecule has 1 aliphatic heterocycles. The molecule has 28 heavy (non-hydrogen) atoms. The molecular formula is C21H15FN2O4. The second-order valence-corrected chi connectivity index (χ2v) is 6.37. The number of carbonyl (C=O) groups is 3. The first-order chi connectivity index (χ1) is 13.5. The number of para-hydroxylation sites is 1. The van der Waals surface area contributed by atoms with Crippen molar-refractivity contribution in [2.24, 2.45) is 0 Å². The summed E-state index contributed by atoms with van der Waals surface area (Å²) in [5.41, 5.74) is 2.14. The summed E-state index contributed by atoms with van der Waals surface area (Å²) in [5.74, 6) is -2.43. The molecule has 0 saturated heterocycles. The Balaban J connectivity index is 1.64. The molecule has 0 fully saturated rings. The Morgan fingerprint density at radius 3 is 2.57 bits per heavy atom. The molecule has 4 rings (SSSR count). The third-order valence-corrected chi connectivity index (χ3v) is 4.44. The first-order valence-electron chi connectivity index (χ1n) is 8.56. The minimum absolute atomic E-state index is 0.0653. The van der Waals surface area contributed by atoms with E-state index >= 15 is 0 Å². The van der Waals surface area contributed by atoms with Gasteiger partial charge in [-0.3, -0.25) is 9.59 Å². The number of benzene rings is 2. The number of hydrogen-bond donors (Lipinski definition) is 1. The molecule has 1 amide bonds. The summed E-state index contributed by atoms with van der Waals surface area (Å²) in [6.45, 7) is 0.355. The number of Topliss-reactive ketones (excluding diaryl/α,β-unsaturated/α-hetero) is 1. The summed E-state index contributed by atoms with van der Waals surface area (Å²) in [6, 6.07) is 13.3. The zero-order chi connectivity index (χ0) is 19.7. The Morgan fingerprint density at radius 1 is 1.11 bits per heavy atom. The largest absolute Gasteiger partial charge is 0.456 e. The number of cyclic esters (lactones) is 1. The Morgan fingerprint density at radius 2 is 1.86 bits per heavy atom. The molecule has 0 bridgehead atoms. The number of aromatic nitrogens is 1. The zero-order valence-electron chi connectivity index (χ0n) is 14.6. The number of amides is 1. The highest BCUT2D eigenvalue weighted by atomic mass is 19.1. The maximum absolute atomic E-state index is 13.1. The van der Waals surface area contributed by atoms with E-state index in [0.29, 0.717) is 11.9 Å². The number of esters is 1. The van der Waals surface area contributed by atoms with Gasteiger partial charge in [-0.1, -0.05) is 30.3 Å². The number of ether oxygens (including phenoxy) is 1. The molecule has 1 aliphatic rings. The predicted octanol–water partition coefficient (Wildman–Crippen LogP) is 2.57. The van der Waals surface area contributed by atoms with Crippen LogP contribution in [0.2, 0.25) is 0 Å². The van der Waals surface area contributed by atoms with Gasteiger partial charge in [0.15, 0.2) is 0 Å². The van der Waals surface area contributed by atoms with Crippen LogP contribution in [0, 0.1) is 5.82 Å². The molecule has 2 heterocycles. The van der Waals surface area contributed by atoms with E-state index in [1.807, 2.05) is 16.7 Å². The van der Waals surface area contributed by atoms with E-state index in [9.17, 15) is 18.8 Å². The predicted molar refractivity (Wildman–Crippen MR) is 99.0 cm³/mol. The Kier molecular flexibility index (Phi) is 4.49. The first-order valence-corrected chi connectivity index (χ1v) is 8.56. The van der Waals surface area contributed by atoms with Gasteiger partial charge in [0.05, 0.1) is 11.3 Å². The Bertz CT molecular complexity index is 1130. The number of rotatable bonds is 5. The number of ketones is 1. The molecular weight excluding hydrogens is 363 g/mol. The van der Waals surface area contributed by atoms with E-state index in [2.05, 4.69) is 5.32 Å². The minimum Gasteiger partial charge on any atom is -0.456 e. The van der Waals surface area contributed by atoms with Gasteiger partial charge in [-0.2, -0.15) is 0 Å². The fourth-order valence-electron chi connectivity index (χ4n) is 3.12. The van der Waals surface area contributed by atoms with Gasteiger partial charge in [0, 0.05) is 29.7 Å². The highest BCUT2D eigenvalue weighted by Crippen LogP contribution is 2.23. The average Bonchev–Trinajstić information content (AvgIpc) is 3.27. The van der Waals surface area contributed by atoms with E-state index in [-0.39, 0.29) is 23.7 Å². The highest BCUT2D eigenvalue weighted by Gasteiger charge is 2.24. The summed E-state index contributed by atoms with van der Waals surface area (Å²) >= 11 is 0. The van der Waals surface area contributed by atoms with Crippen molar-refractivity contribution in [1.82, 2.24) is 9.88 Å². The van der Waals surface area contributed by atoms with Crippen LogP contribution >= 0.6 is 0 Å². The van der Waals surface area contributed by atoms with Gasteiger partial charge in [0.1, 0.15) is 12.4 Å². The van der Waals surface area contributed by atoms with E-state index in [1.54, 1.807) is 30.5 Å². The molecule has 6 nitrogen and oxygen atoms in total. The smallest absolute Gasteiger partial charge is 0.333 e. The van der Waals surface area contributed by atoms with Gasteiger partial charge < -0.3 is 14.6 Å². The molecule has 0 atom stereocenters. The summed E-state index contributed by atoms with van der Waals surface area (Å²) in [4.78, 5) is 36.1. The number of hydrogen-bond acceptors (Lipinski definition) is 4. The van der Waals surface area contributed by atoms with Crippen molar-refractivity contribution < 1.29 is 23.5 Å². The van der Waals surface area contributed by atoms with Crippen molar-refractivity contribution in [2.75, 3.05) is 6.61 Å². The molecule has 7 heteroatoms. The molecule has 0 spiro atoms. The summed E-state index contributed by atoms with van der Waals surface area (Å²) in [7, 11) is 0. The molecule has 1 N–H and O–H groups in total. The number of carbonyl (C=O) groups excluding carboxylic acids is 3. The molecule has 0 radical (unpaired) electrons. The lowest BCUT2D eigenvalue weighted by atomic mass is 10.1. The number of fused-ring (bicyclic) bond motifs is 1. The van der Waals surface area contributed by atoms with Gasteiger partial charge in [-0.05, 0) is 23.8 Å². The van der Waals surface area contributed by atoms with Crippen LogP contribution in [0.25, 0.3) is 10.9 Å². The minimum atomic E-state index is -0.839. The lowest BCUT2D eigenvalue weighted by molar-refractivity contribution is -0.135. The highest BCUT2D eigenvalue weighted by molar-refractivity contribution is 6.45. The third-order valence-electron chi connectivity index (χ3n) is 4.44. The van der Waals surface area contributed by atoms with Gasteiger partial charge in [-0.15, -0.1) is 0 Å². The van der Waals surface area contributed by atoms with Crippen LogP contribution < -0.4 is 5.32 Å². The van der Waals surface area contributed by atoms with Gasteiger partial charge in [-0.25, -0.2) is 9.18 Å². The van der Waals surface area contributed by atoms with Crippen LogP contribution in [-0.4, -0.2) is 28.8 Å². The lowest BCUT2D eigenvalue weighted by Crippen LogP contribution is -2.31. The molecule has 3 aromatic rings. The van der Waals surface area contributed by atoms with Gasteiger partial charge in [0.25, 0.3) is 11.7 Å². The van der Waals surface area contributed by atoms with Gasteiger partial charge >= 0.3 is 5.97 Å². The van der Waals surface area contributed by atoms with E-state index in [0.717, 1.165) is 17.2 Å². The molecule has 0 unspecified atom stereocenters. The molecule has 0 aliphatic carbocycles. The average molecular weight is 378 g/mol. The van der Waals surface area contributed by atoms with Crippen molar-refractivity contribution >= 4 is 28.6 Å². The van der Waals surface area contributed by atoms with Crippen LogP contribution in [0.4, 0.5) is 4.39 Å². The molecule has 2 aromatic carbocycles. The van der Waals surface area contributed by atoms with E-state index in [1.165, 1.54) is 12.1 Å². The standard InChI is InChI=1S/C21H15FN2O4/c22-14-7-5-13(6-8-14)10-24-11-17(16-3-1-2-4-18(16)24)20(26)21(27)23-15-9-19(25)28-12-15/h1-9,11H,10,12H2,(H,23,27). The van der Waals surface area contributed by atoms with Crippen LogP contribution in [0.1, 0.15) is 15.9 Å². The Labute approximate surface area is 159 Å². The van der Waals surface area contributed by atoms with Crippen molar-refractivity contribution in [3.8, 4) is 0 Å². The number of nitrogens with zero attached hydrogens (tertiary/aromatic N) is 1. The zero-order valence-corrected chi connectivity index (χ0v) is 14.6. The second kappa shape index (κ2) is 7.11. The summed E-state index contributed by atoms with van der Waals surface area (Å²) < 4.78 is 19.7. The number of nitrogens with one attached hydrogen (secondary N) is 1. The SMILES string of the molecule is O=C1C=C(NC(=O)C(=O)c2cn(Cc3ccc(F)cc3)c3ccccc23)CO1. The molecule has 140 valence electrons. The van der Waals surface area contributed by atoms with Crippen LogP contribution in [0.5, 0.6) is 0 Å². The quantitative estimate of drug-likeness (QED) is 0.421. The summed E-state index contributed by atoms with van der Waals surface area (Å²) in [5, 5.41) is 3.05. The van der Waals surface area contributed by atoms with E-state index in [4.69, 9.17) is 4.74 Å². The van der Waals surface area contributed by atoms with Gasteiger partial charge in [0.2, 0.25) is 0 Å². The van der Waals surface area contributed by atoms with Crippen LogP contribution in [0.3, 0.4) is 0 Å². The summed E-state index contributed by atoms with van der Waals surface area (Å²) in [6.07, 6.45) is 2.75. The number of halogens is 1.